The van der Waals surface area contributed by atoms with E-state index >= 15 is 0 Å². The number of piperidine rings is 1. The number of rotatable bonds is 7. The summed E-state index contributed by atoms with van der Waals surface area (Å²) in [7, 11) is 1.61. The van der Waals surface area contributed by atoms with Crippen molar-refractivity contribution in [2.75, 3.05) is 26.8 Å². The first kappa shape index (κ1) is 19.1. The average Bonchev–Trinajstić information content (AvgIpc) is 3.22. The summed E-state index contributed by atoms with van der Waals surface area (Å²) in [6.45, 7) is 1.30. The summed E-state index contributed by atoms with van der Waals surface area (Å²) in [5.74, 6) is -0.366. The average molecular weight is 371 g/mol. The molecule has 0 bridgehead atoms. The lowest BCUT2D eigenvalue weighted by Crippen LogP contribution is -2.50. The Morgan fingerprint density at radius 1 is 1.37 bits per heavy atom. The second kappa shape index (κ2) is 8.35. The van der Waals surface area contributed by atoms with E-state index < -0.39 is 11.4 Å². The maximum absolute atomic E-state index is 13.2. The molecule has 0 radical (unpaired) electrons. The number of likely N-dealkylation sites (tertiary alicyclic amines) is 1. The van der Waals surface area contributed by atoms with Crippen LogP contribution in [0, 0.1) is 5.41 Å². The second-order valence-corrected chi connectivity index (χ2v) is 7.00. The minimum absolute atomic E-state index is 0.154. The number of methoxy groups -OCH3 is 1. The van der Waals surface area contributed by atoms with E-state index in [-0.39, 0.29) is 12.5 Å². The molecule has 1 fully saturated rings. The molecule has 3 rings (SSSR count). The number of aromatic nitrogens is 2. The number of ether oxygens (including phenoxy) is 1. The first-order chi connectivity index (χ1) is 13.1. The third-order valence-electron chi connectivity index (χ3n) is 5.23. The molecule has 1 aliphatic rings. The molecule has 1 saturated heterocycles. The Morgan fingerprint density at radius 2 is 2.19 bits per heavy atom. The zero-order valence-corrected chi connectivity index (χ0v) is 15.5. The van der Waals surface area contributed by atoms with E-state index in [1.54, 1.807) is 30.5 Å². The Morgan fingerprint density at radius 3 is 2.89 bits per heavy atom. The van der Waals surface area contributed by atoms with Crippen molar-refractivity contribution >= 4 is 11.9 Å². The molecule has 7 nitrogen and oxygen atoms in total. The van der Waals surface area contributed by atoms with Gasteiger partial charge in [-0.1, -0.05) is 18.2 Å². The normalized spacial score (nSPS) is 19.8. The van der Waals surface area contributed by atoms with E-state index in [1.807, 2.05) is 18.2 Å². The van der Waals surface area contributed by atoms with Crippen molar-refractivity contribution in [2.45, 2.75) is 25.7 Å². The Kier molecular flexibility index (Phi) is 5.91. The minimum Gasteiger partial charge on any atom is -0.481 e. The monoisotopic (exact) mass is 371 g/mol. The Labute approximate surface area is 158 Å². The molecule has 1 amide bonds. The van der Waals surface area contributed by atoms with Crippen molar-refractivity contribution in [2.24, 2.45) is 5.41 Å². The minimum atomic E-state index is -0.911. The number of carboxylic acids is 1. The van der Waals surface area contributed by atoms with Crippen molar-refractivity contribution in [3.63, 3.8) is 0 Å². The first-order valence-electron chi connectivity index (χ1n) is 9.18. The number of nitrogens with one attached hydrogen (secondary N) is 1. The van der Waals surface area contributed by atoms with Gasteiger partial charge < -0.3 is 19.7 Å². The fourth-order valence-corrected chi connectivity index (χ4v) is 3.80. The number of H-pyrrole nitrogens is 1. The molecule has 1 atom stereocenters. The van der Waals surface area contributed by atoms with Crippen molar-refractivity contribution < 1.29 is 19.4 Å². The summed E-state index contributed by atoms with van der Waals surface area (Å²) >= 11 is 0. The van der Waals surface area contributed by atoms with Crippen LogP contribution >= 0.6 is 0 Å². The van der Waals surface area contributed by atoms with Gasteiger partial charge in [0.25, 0.3) is 5.91 Å². The molecule has 7 heteroatoms. The zero-order valence-electron chi connectivity index (χ0n) is 15.5. The third-order valence-corrected chi connectivity index (χ3v) is 5.23. The van der Waals surface area contributed by atoms with Crippen LogP contribution in [0.25, 0.3) is 11.4 Å². The third kappa shape index (κ3) is 4.03. The van der Waals surface area contributed by atoms with Gasteiger partial charge in [-0.05, 0) is 31.7 Å². The zero-order chi connectivity index (χ0) is 19.3. The van der Waals surface area contributed by atoms with Crippen LogP contribution in [0.1, 0.15) is 36.0 Å². The SMILES string of the molecule is COCCC[C@@]1(C(=O)O)CCCN(C(=O)c2ccccc2-c2ncc[nH]2)C1. The van der Waals surface area contributed by atoms with E-state index in [0.717, 1.165) is 5.56 Å². The van der Waals surface area contributed by atoms with Crippen molar-refractivity contribution in [1.82, 2.24) is 14.9 Å². The van der Waals surface area contributed by atoms with Crippen LogP contribution < -0.4 is 0 Å². The van der Waals surface area contributed by atoms with Crippen LogP contribution in [0.15, 0.2) is 36.7 Å². The van der Waals surface area contributed by atoms with Crippen LogP contribution in [-0.2, 0) is 9.53 Å². The van der Waals surface area contributed by atoms with Gasteiger partial charge in [0.2, 0.25) is 0 Å². The number of nitrogens with zero attached hydrogens (tertiary/aromatic N) is 2. The van der Waals surface area contributed by atoms with Crippen LogP contribution in [0.5, 0.6) is 0 Å². The summed E-state index contributed by atoms with van der Waals surface area (Å²) in [6.07, 6.45) is 5.77. The number of aromatic amines is 1. The predicted molar refractivity (Wildman–Crippen MR) is 100 cm³/mol. The summed E-state index contributed by atoms with van der Waals surface area (Å²) < 4.78 is 5.07. The van der Waals surface area contributed by atoms with E-state index in [1.165, 1.54) is 0 Å². The molecule has 144 valence electrons. The molecule has 1 aliphatic heterocycles. The van der Waals surface area contributed by atoms with Gasteiger partial charge in [-0.3, -0.25) is 9.59 Å². The van der Waals surface area contributed by atoms with Gasteiger partial charge >= 0.3 is 5.97 Å². The fraction of sp³-hybridized carbons (Fsp3) is 0.450. The number of amides is 1. The molecule has 1 aromatic carbocycles. The van der Waals surface area contributed by atoms with Crippen molar-refractivity contribution in [3.8, 4) is 11.4 Å². The Hall–Kier alpha value is -2.67. The molecular weight excluding hydrogens is 346 g/mol. The van der Waals surface area contributed by atoms with Crippen LogP contribution in [-0.4, -0.2) is 58.7 Å². The van der Waals surface area contributed by atoms with E-state index in [0.29, 0.717) is 50.2 Å². The Balaban J connectivity index is 1.84. The number of aliphatic carboxylic acids is 1. The highest BCUT2D eigenvalue weighted by molar-refractivity contribution is 6.00. The molecule has 0 saturated carbocycles. The largest absolute Gasteiger partial charge is 0.481 e. The van der Waals surface area contributed by atoms with E-state index in [9.17, 15) is 14.7 Å². The Bertz CT molecular complexity index is 790. The number of benzene rings is 1. The lowest BCUT2D eigenvalue weighted by atomic mass is 9.76. The number of hydrogen-bond acceptors (Lipinski definition) is 4. The molecular formula is C20H25N3O4. The highest BCUT2D eigenvalue weighted by atomic mass is 16.5. The number of imidazole rings is 1. The molecule has 2 heterocycles. The standard InChI is InChI=1S/C20H25N3O4/c1-27-13-5-9-20(19(25)26)8-4-12-23(14-20)18(24)16-7-3-2-6-15(16)17-21-10-11-22-17/h2-3,6-7,10-11H,4-5,8-9,12-14H2,1H3,(H,21,22)(H,25,26)/t20-/m0/s1. The highest BCUT2D eigenvalue weighted by Crippen LogP contribution is 2.36. The summed E-state index contributed by atoms with van der Waals surface area (Å²) in [5, 5.41) is 9.87. The highest BCUT2D eigenvalue weighted by Gasteiger charge is 2.43. The van der Waals surface area contributed by atoms with Crippen molar-refractivity contribution in [3.05, 3.63) is 42.2 Å². The fourth-order valence-electron chi connectivity index (χ4n) is 3.80. The van der Waals surface area contributed by atoms with Crippen LogP contribution in [0.2, 0.25) is 0 Å². The van der Waals surface area contributed by atoms with Crippen LogP contribution in [0.4, 0.5) is 0 Å². The summed E-state index contributed by atoms with van der Waals surface area (Å²) in [6, 6.07) is 7.28. The smallest absolute Gasteiger partial charge is 0.311 e. The van der Waals surface area contributed by atoms with E-state index in [2.05, 4.69) is 9.97 Å². The lowest BCUT2D eigenvalue weighted by Gasteiger charge is -2.40. The molecule has 0 unspecified atom stereocenters. The van der Waals surface area contributed by atoms with Crippen molar-refractivity contribution in [1.29, 1.82) is 0 Å². The second-order valence-electron chi connectivity index (χ2n) is 7.00. The van der Waals surface area contributed by atoms with Gasteiger partial charge in [-0.25, -0.2) is 4.98 Å². The van der Waals surface area contributed by atoms with Crippen LogP contribution in [0.3, 0.4) is 0 Å². The van der Waals surface area contributed by atoms with Gasteiger partial charge in [0.1, 0.15) is 5.82 Å². The summed E-state index contributed by atoms with van der Waals surface area (Å²) in [4.78, 5) is 34.2. The molecule has 2 aromatic rings. The van der Waals surface area contributed by atoms with E-state index in [4.69, 9.17) is 4.74 Å². The quantitative estimate of drug-likeness (QED) is 0.730. The molecule has 1 aromatic heterocycles. The van der Waals surface area contributed by atoms with Gasteiger partial charge in [-0.15, -0.1) is 0 Å². The molecule has 2 N–H and O–H groups in total. The lowest BCUT2D eigenvalue weighted by molar-refractivity contribution is -0.152. The number of carbonyl (C=O) groups is 2. The van der Waals surface area contributed by atoms with Gasteiger partial charge in [0.05, 0.1) is 11.0 Å². The number of carboxylic acid groups (broad SMARTS) is 1. The van der Waals surface area contributed by atoms with Gasteiger partial charge in [0, 0.05) is 44.8 Å². The maximum atomic E-state index is 13.2. The maximum Gasteiger partial charge on any atom is 0.311 e. The first-order valence-corrected chi connectivity index (χ1v) is 9.18. The molecule has 27 heavy (non-hydrogen) atoms. The summed E-state index contributed by atoms with van der Waals surface area (Å²) in [5.41, 5.74) is 0.343. The molecule has 0 aliphatic carbocycles. The topological polar surface area (TPSA) is 95.5 Å². The predicted octanol–water partition coefficient (Wildman–Crippen LogP) is 2.81. The number of carbonyl (C=O) groups excluding carboxylic acids is 1. The van der Waals surface area contributed by atoms with Gasteiger partial charge in [0.15, 0.2) is 0 Å². The van der Waals surface area contributed by atoms with Gasteiger partial charge in [-0.2, -0.15) is 0 Å². The number of hydrogen-bond donors (Lipinski definition) is 2. The molecule has 0 spiro atoms.